The van der Waals surface area contributed by atoms with E-state index < -0.39 is 0 Å². The van der Waals surface area contributed by atoms with Gasteiger partial charge in [-0.1, -0.05) is 78.4 Å². The van der Waals surface area contributed by atoms with Crippen molar-refractivity contribution in [2.45, 2.75) is 19.3 Å². The fourth-order valence-corrected chi connectivity index (χ4v) is 4.17. The Morgan fingerprint density at radius 3 is 1.77 bits per heavy atom. The minimum Gasteiger partial charge on any atom is -0.340 e. The van der Waals surface area contributed by atoms with Crippen molar-refractivity contribution in [1.29, 1.82) is 0 Å². The number of rotatable bonds is 4. The van der Waals surface area contributed by atoms with E-state index in [4.69, 9.17) is 0 Å². The monoisotopic (exact) mass is 412 g/mol. The fourth-order valence-electron chi connectivity index (χ4n) is 4.17. The zero-order valence-corrected chi connectivity index (χ0v) is 17.9. The number of carbonyl (C=O) groups is 2. The minimum atomic E-state index is -0.332. The Morgan fingerprint density at radius 1 is 0.677 bits per heavy atom. The van der Waals surface area contributed by atoms with Crippen molar-refractivity contribution >= 4 is 11.8 Å². The van der Waals surface area contributed by atoms with Crippen molar-refractivity contribution in [2.24, 2.45) is 0 Å². The van der Waals surface area contributed by atoms with E-state index in [-0.39, 0.29) is 17.7 Å². The van der Waals surface area contributed by atoms with Gasteiger partial charge in [-0.2, -0.15) is 0 Å². The first-order valence-corrected chi connectivity index (χ1v) is 10.9. The Morgan fingerprint density at radius 2 is 1.19 bits per heavy atom. The summed E-state index contributed by atoms with van der Waals surface area (Å²) in [7, 11) is 0. The second kappa shape index (κ2) is 9.61. The number of nitrogens with zero attached hydrogens (tertiary/aromatic N) is 2. The number of amides is 2. The highest BCUT2D eigenvalue weighted by Crippen LogP contribution is 2.27. The molecule has 0 spiro atoms. The van der Waals surface area contributed by atoms with Crippen LogP contribution in [-0.2, 0) is 4.79 Å². The minimum absolute atomic E-state index is 0.0389. The van der Waals surface area contributed by atoms with Gasteiger partial charge < -0.3 is 9.80 Å². The molecule has 0 aromatic heterocycles. The fraction of sp³-hybridized carbons (Fsp3) is 0.259. The van der Waals surface area contributed by atoms with E-state index >= 15 is 0 Å². The van der Waals surface area contributed by atoms with Gasteiger partial charge in [0.05, 0.1) is 5.92 Å². The average Bonchev–Trinajstić information content (AvgIpc) is 3.07. The van der Waals surface area contributed by atoms with Crippen LogP contribution in [0.3, 0.4) is 0 Å². The van der Waals surface area contributed by atoms with Gasteiger partial charge in [-0.3, -0.25) is 9.59 Å². The summed E-state index contributed by atoms with van der Waals surface area (Å²) in [5.74, 6) is -0.194. The highest BCUT2D eigenvalue weighted by atomic mass is 16.2. The van der Waals surface area contributed by atoms with Crippen LogP contribution in [0.4, 0.5) is 0 Å². The van der Waals surface area contributed by atoms with E-state index in [1.165, 1.54) is 0 Å². The van der Waals surface area contributed by atoms with E-state index in [0.29, 0.717) is 31.7 Å². The van der Waals surface area contributed by atoms with Gasteiger partial charge in [0.25, 0.3) is 5.91 Å². The first-order valence-electron chi connectivity index (χ1n) is 10.9. The third-order valence-electron chi connectivity index (χ3n) is 5.91. The standard InChI is InChI=1S/C27H28N2O2/c1-21-13-15-24(16-14-21)26(30)28-17-8-18-29(20-19-28)27(31)25(22-9-4-2-5-10-22)23-11-6-3-7-12-23/h2-7,9-16,25H,8,17-20H2,1H3. The molecule has 0 N–H and O–H groups in total. The van der Waals surface area contributed by atoms with E-state index in [1.807, 2.05) is 102 Å². The van der Waals surface area contributed by atoms with Gasteiger partial charge in [-0.15, -0.1) is 0 Å². The molecular weight excluding hydrogens is 384 g/mol. The molecule has 4 heteroatoms. The molecule has 0 radical (unpaired) electrons. The lowest BCUT2D eigenvalue weighted by Crippen LogP contribution is -2.39. The molecule has 0 aliphatic carbocycles. The van der Waals surface area contributed by atoms with E-state index in [0.717, 1.165) is 23.1 Å². The topological polar surface area (TPSA) is 40.6 Å². The first-order chi connectivity index (χ1) is 15.1. The van der Waals surface area contributed by atoms with Crippen LogP contribution in [0.25, 0.3) is 0 Å². The molecule has 0 atom stereocenters. The number of aryl methyl sites for hydroxylation is 1. The Balaban J connectivity index is 1.51. The molecule has 1 aliphatic heterocycles. The van der Waals surface area contributed by atoms with Gasteiger partial charge in [0, 0.05) is 31.7 Å². The summed E-state index contributed by atoms with van der Waals surface area (Å²) in [6.45, 7) is 4.44. The molecule has 1 aliphatic rings. The van der Waals surface area contributed by atoms with Gasteiger partial charge in [0.15, 0.2) is 0 Å². The zero-order chi connectivity index (χ0) is 21.6. The molecule has 4 rings (SSSR count). The van der Waals surface area contributed by atoms with Gasteiger partial charge in [0.2, 0.25) is 5.91 Å². The Kier molecular flexibility index (Phi) is 6.46. The molecular formula is C27H28N2O2. The molecule has 1 fully saturated rings. The van der Waals surface area contributed by atoms with Crippen molar-refractivity contribution in [2.75, 3.05) is 26.2 Å². The van der Waals surface area contributed by atoms with Crippen molar-refractivity contribution in [3.05, 3.63) is 107 Å². The maximum atomic E-state index is 13.7. The van der Waals surface area contributed by atoms with E-state index in [9.17, 15) is 9.59 Å². The van der Waals surface area contributed by atoms with Crippen LogP contribution in [-0.4, -0.2) is 47.8 Å². The second-order valence-corrected chi connectivity index (χ2v) is 8.09. The van der Waals surface area contributed by atoms with Gasteiger partial charge >= 0.3 is 0 Å². The Hall–Kier alpha value is -3.40. The lowest BCUT2D eigenvalue weighted by atomic mass is 9.90. The summed E-state index contributed by atoms with van der Waals surface area (Å²) < 4.78 is 0. The molecule has 3 aromatic rings. The second-order valence-electron chi connectivity index (χ2n) is 8.09. The number of hydrogen-bond acceptors (Lipinski definition) is 2. The third kappa shape index (κ3) is 4.85. The number of benzene rings is 3. The van der Waals surface area contributed by atoms with Crippen molar-refractivity contribution in [1.82, 2.24) is 9.80 Å². The number of hydrogen-bond donors (Lipinski definition) is 0. The van der Waals surface area contributed by atoms with Crippen LogP contribution in [0.5, 0.6) is 0 Å². The van der Waals surface area contributed by atoms with Gasteiger partial charge in [-0.05, 0) is 36.6 Å². The maximum Gasteiger partial charge on any atom is 0.253 e. The predicted molar refractivity (Wildman–Crippen MR) is 123 cm³/mol. The molecule has 0 bridgehead atoms. The maximum absolute atomic E-state index is 13.7. The summed E-state index contributed by atoms with van der Waals surface area (Å²) in [5.41, 5.74) is 3.83. The van der Waals surface area contributed by atoms with Crippen molar-refractivity contribution in [3.8, 4) is 0 Å². The summed E-state index contributed by atoms with van der Waals surface area (Å²) in [6.07, 6.45) is 0.777. The summed E-state index contributed by atoms with van der Waals surface area (Å²) in [4.78, 5) is 30.4. The SMILES string of the molecule is Cc1ccc(C(=O)N2CCCN(C(=O)C(c3ccccc3)c3ccccc3)CC2)cc1. The van der Waals surface area contributed by atoms with Gasteiger partial charge in [0.1, 0.15) is 0 Å². The van der Waals surface area contributed by atoms with Crippen LogP contribution >= 0.6 is 0 Å². The van der Waals surface area contributed by atoms with E-state index in [2.05, 4.69) is 0 Å². The lowest BCUT2D eigenvalue weighted by molar-refractivity contribution is -0.131. The summed E-state index contributed by atoms with van der Waals surface area (Å²) in [5, 5.41) is 0. The predicted octanol–water partition coefficient (Wildman–Crippen LogP) is 4.50. The largest absolute Gasteiger partial charge is 0.340 e. The molecule has 2 amide bonds. The molecule has 158 valence electrons. The summed E-state index contributed by atoms with van der Waals surface area (Å²) >= 11 is 0. The highest BCUT2D eigenvalue weighted by molar-refractivity contribution is 5.94. The molecule has 0 saturated carbocycles. The number of carbonyl (C=O) groups excluding carboxylic acids is 2. The van der Waals surface area contributed by atoms with Gasteiger partial charge in [-0.25, -0.2) is 0 Å². The lowest BCUT2D eigenvalue weighted by Gasteiger charge is -2.27. The van der Waals surface area contributed by atoms with Crippen LogP contribution in [0.2, 0.25) is 0 Å². The smallest absolute Gasteiger partial charge is 0.253 e. The molecule has 0 unspecified atom stereocenters. The first kappa shape index (κ1) is 20.9. The Bertz CT molecular complexity index is 977. The highest BCUT2D eigenvalue weighted by Gasteiger charge is 2.29. The zero-order valence-electron chi connectivity index (χ0n) is 17.9. The molecule has 4 nitrogen and oxygen atoms in total. The summed E-state index contributed by atoms with van der Waals surface area (Å²) in [6, 6.07) is 27.6. The van der Waals surface area contributed by atoms with Crippen LogP contribution < -0.4 is 0 Å². The quantitative estimate of drug-likeness (QED) is 0.633. The average molecular weight is 413 g/mol. The molecule has 1 saturated heterocycles. The van der Waals surface area contributed by atoms with E-state index in [1.54, 1.807) is 0 Å². The third-order valence-corrected chi connectivity index (χ3v) is 5.91. The molecule has 1 heterocycles. The van der Waals surface area contributed by atoms with Crippen molar-refractivity contribution < 1.29 is 9.59 Å². The normalized spacial score (nSPS) is 14.4. The van der Waals surface area contributed by atoms with Crippen molar-refractivity contribution in [3.63, 3.8) is 0 Å². The molecule has 3 aromatic carbocycles. The van der Waals surface area contributed by atoms with Crippen LogP contribution in [0.15, 0.2) is 84.9 Å². The Labute approximate surface area is 184 Å². The van der Waals surface area contributed by atoms with Crippen LogP contribution in [0.1, 0.15) is 39.4 Å². The van der Waals surface area contributed by atoms with Crippen LogP contribution in [0, 0.1) is 6.92 Å². The molecule has 31 heavy (non-hydrogen) atoms.